The highest BCUT2D eigenvalue weighted by molar-refractivity contribution is 5.36. The number of ether oxygens (including phenoxy) is 1. The standard InChI is InChI=1S/C13H25N5O2/c1-5-7-14-11-16-12(15-9(3)8-10(4)19)18-13(17-11)20-6-2/h9-10,19H,5-8H2,1-4H3,(H2,14,15,16,17,18). The van der Waals surface area contributed by atoms with Crippen LogP contribution in [0.1, 0.15) is 40.5 Å². The molecule has 1 heterocycles. The maximum Gasteiger partial charge on any atom is 0.323 e. The van der Waals surface area contributed by atoms with Crippen molar-refractivity contribution in [2.75, 3.05) is 23.8 Å². The molecule has 0 amide bonds. The Labute approximate surface area is 120 Å². The maximum atomic E-state index is 9.38. The van der Waals surface area contributed by atoms with Crippen LogP contribution in [-0.2, 0) is 0 Å². The molecule has 7 nitrogen and oxygen atoms in total. The van der Waals surface area contributed by atoms with Gasteiger partial charge in [-0.3, -0.25) is 0 Å². The van der Waals surface area contributed by atoms with Crippen LogP contribution in [0.3, 0.4) is 0 Å². The van der Waals surface area contributed by atoms with Crippen LogP contribution in [0.15, 0.2) is 0 Å². The molecule has 1 aromatic rings. The van der Waals surface area contributed by atoms with Crippen LogP contribution in [0.5, 0.6) is 6.01 Å². The zero-order valence-corrected chi connectivity index (χ0v) is 12.7. The summed E-state index contributed by atoms with van der Waals surface area (Å²) in [5, 5.41) is 15.6. The van der Waals surface area contributed by atoms with Gasteiger partial charge in [0.05, 0.1) is 12.7 Å². The van der Waals surface area contributed by atoms with E-state index in [1.54, 1.807) is 6.92 Å². The third-order valence-electron chi connectivity index (χ3n) is 2.49. The molecule has 0 aromatic carbocycles. The van der Waals surface area contributed by atoms with E-state index in [9.17, 15) is 5.11 Å². The average molecular weight is 283 g/mol. The van der Waals surface area contributed by atoms with Gasteiger partial charge in [-0.15, -0.1) is 0 Å². The molecule has 2 unspecified atom stereocenters. The van der Waals surface area contributed by atoms with Gasteiger partial charge in [0.2, 0.25) is 11.9 Å². The fourth-order valence-electron chi connectivity index (χ4n) is 1.72. The molecule has 0 bridgehead atoms. The number of aliphatic hydroxyl groups is 1. The summed E-state index contributed by atoms with van der Waals surface area (Å²) in [6.45, 7) is 8.97. The Hall–Kier alpha value is -1.63. The van der Waals surface area contributed by atoms with Crippen LogP contribution in [0.4, 0.5) is 11.9 Å². The summed E-state index contributed by atoms with van der Waals surface area (Å²) >= 11 is 0. The predicted molar refractivity (Wildman–Crippen MR) is 79.2 cm³/mol. The molecule has 0 aliphatic rings. The van der Waals surface area contributed by atoms with Gasteiger partial charge in [0.25, 0.3) is 0 Å². The fourth-order valence-corrected chi connectivity index (χ4v) is 1.72. The fraction of sp³-hybridized carbons (Fsp3) is 0.769. The highest BCUT2D eigenvalue weighted by Gasteiger charge is 2.11. The van der Waals surface area contributed by atoms with Crippen molar-refractivity contribution >= 4 is 11.9 Å². The van der Waals surface area contributed by atoms with Crippen molar-refractivity contribution in [3.8, 4) is 6.01 Å². The molecule has 2 atom stereocenters. The van der Waals surface area contributed by atoms with E-state index in [2.05, 4.69) is 32.5 Å². The second-order valence-corrected chi connectivity index (χ2v) is 4.76. The van der Waals surface area contributed by atoms with Crippen LogP contribution >= 0.6 is 0 Å². The van der Waals surface area contributed by atoms with Gasteiger partial charge in [-0.05, 0) is 33.6 Å². The summed E-state index contributed by atoms with van der Waals surface area (Å²) < 4.78 is 5.34. The summed E-state index contributed by atoms with van der Waals surface area (Å²) in [6.07, 6.45) is 1.23. The molecule has 0 saturated carbocycles. The third kappa shape index (κ3) is 6.01. The van der Waals surface area contributed by atoms with Crippen molar-refractivity contribution in [1.29, 1.82) is 0 Å². The quantitative estimate of drug-likeness (QED) is 0.634. The van der Waals surface area contributed by atoms with Crippen LogP contribution in [0.25, 0.3) is 0 Å². The SMILES string of the molecule is CCCNc1nc(NC(C)CC(C)O)nc(OCC)n1. The monoisotopic (exact) mass is 283 g/mol. The van der Waals surface area contributed by atoms with E-state index in [0.29, 0.717) is 30.9 Å². The van der Waals surface area contributed by atoms with E-state index in [-0.39, 0.29) is 12.1 Å². The Kier molecular flexibility index (Phi) is 7.00. The molecule has 0 spiro atoms. The van der Waals surface area contributed by atoms with Gasteiger partial charge in [-0.2, -0.15) is 15.0 Å². The summed E-state index contributed by atoms with van der Waals surface area (Å²) in [5.41, 5.74) is 0. The molecule has 20 heavy (non-hydrogen) atoms. The highest BCUT2D eigenvalue weighted by atomic mass is 16.5. The number of nitrogens with one attached hydrogen (secondary N) is 2. The number of aromatic nitrogens is 3. The lowest BCUT2D eigenvalue weighted by Crippen LogP contribution is -2.22. The first-order valence-corrected chi connectivity index (χ1v) is 7.12. The zero-order valence-electron chi connectivity index (χ0n) is 12.7. The van der Waals surface area contributed by atoms with Gasteiger partial charge < -0.3 is 20.5 Å². The topological polar surface area (TPSA) is 92.2 Å². The van der Waals surface area contributed by atoms with Gasteiger partial charge >= 0.3 is 6.01 Å². The lowest BCUT2D eigenvalue weighted by molar-refractivity contribution is 0.179. The molecule has 3 N–H and O–H groups in total. The number of rotatable bonds is 9. The number of hydrogen-bond donors (Lipinski definition) is 3. The van der Waals surface area contributed by atoms with Crippen molar-refractivity contribution in [2.45, 2.75) is 52.7 Å². The molecular formula is C13H25N5O2. The minimum absolute atomic E-state index is 0.0610. The second-order valence-electron chi connectivity index (χ2n) is 4.76. The van der Waals surface area contributed by atoms with E-state index >= 15 is 0 Å². The smallest absolute Gasteiger partial charge is 0.323 e. The lowest BCUT2D eigenvalue weighted by atomic mass is 10.2. The Morgan fingerprint density at radius 3 is 2.45 bits per heavy atom. The Morgan fingerprint density at radius 1 is 1.15 bits per heavy atom. The van der Waals surface area contributed by atoms with Crippen molar-refractivity contribution < 1.29 is 9.84 Å². The molecule has 1 aromatic heterocycles. The lowest BCUT2D eigenvalue weighted by Gasteiger charge is -2.16. The van der Waals surface area contributed by atoms with Crippen LogP contribution < -0.4 is 15.4 Å². The van der Waals surface area contributed by atoms with Gasteiger partial charge in [0.1, 0.15) is 0 Å². The molecule has 114 valence electrons. The predicted octanol–water partition coefficient (Wildman–Crippen LogP) is 1.66. The molecular weight excluding hydrogens is 258 g/mol. The molecule has 0 saturated heterocycles. The van der Waals surface area contributed by atoms with Crippen molar-refractivity contribution in [3.05, 3.63) is 0 Å². The Bertz CT molecular complexity index is 400. The Morgan fingerprint density at radius 2 is 1.85 bits per heavy atom. The zero-order chi connectivity index (χ0) is 15.0. The summed E-state index contributed by atoms with van der Waals surface area (Å²) in [4.78, 5) is 12.7. The van der Waals surface area contributed by atoms with E-state index in [4.69, 9.17) is 4.74 Å². The molecule has 0 fully saturated rings. The van der Waals surface area contributed by atoms with E-state index < -0.39 is 0 Å². The van der Waals surface area contributed by atoms with Gasteiger partial charge in [-0.1, -0.05) is 6.92 Å². The molecule has 0 radical (unpaired) electrons. The maximum absolute atomic E-state index is 9.38. The van der Waals surface area contributed by atoms with E-state index in [1.165, 1.54) is 0 Å². The number of hydrogen-bond acceptors (Lipinski definition) is 7. The number of aliphatic hydroxyl groups excluding tert-OH is 1. The second kappa shape index (κ2) is 8.52. The van der Waals surface area contributed by atoms with E-state index in [1.807, 2.05) is 13.8 Å². The average Bonchev–Trinajstić information content (AvgIpc) is 2.35. The Balaban J connectivity index is 2.79. The molecule has 7 heteroatoms. The molecule has 1 rings (SSSR count). The summed E-state index contributed by atoms with van der Waals surface area (Å²) in [5.74, 6) is 0.951. The summed E-state index contributed by atoms with van der Waals surface area (Å²) in [6, 6.07) is 0.360. The van der Waals surface area contributed by atoms with Crippen LogP contribution in [0.2, 0.25) is 0 Å². The normalized spacial score (nSPS) is 13.7. The first kappa shape index (κ1) is 16.4. The first-order chi connectivity index (χ1) is 9.55. The molecule has 0 aliphatic heterocycles. The summed E-state index contributed by atoms with van der Waals surface area (Å²) in [7, 11) is 0. The van der Waals surface area contributed by atoms with Gasteiger partial charge in [-0.25, -0.2) is 0 Å². The third-order valence-corrected chi connectivity index (χ3v) is 2.49. The van der Waals surface area contributed by atoms with Gasteiger partial charge in [0, 0.05) is 12.6 Å². The van der Waals surface area contributed by atoms with Crippen molar-refractivity contribution in [2.24, 2.45) is 0 Å². The van der Waals surface area contributed by atoms with Crippen molar-refractivity contribution in [3.63, 3.8) is 0 Å². The van der Waals surface area contributed by atoms with E-state index in [0.717, 1.165) is 13.0 Å². The van der Waals surface area contributed by atoms with Crippen molar-refractivity contribution in [1.82, 2.24) is 15.0 Å². The molecule has 0 aliphatic carbocycles. The highest BCUT2D eigenvalue weighted by Crippen LogP contribution is 2.13. The number of nitrogens with zero attached hydrogens (tertiary/aromatic N) is 3. The van der Waals surface area contributed by atoms with Gasteiger partial charge in [0.15, 0.2) is 0 Å². The first-order valence-electron chi connectivity index (χ1n) is 7.12. The van der Waals surface area contributed by atoms with Crippen LogP contribution in [0, 0.1) is 0 Å². The largest absolute Gasteiger partial charge is 0.464 e. The minimum Gasteiger partial charge on any atom is -0.464 e. The van der Waals surface area contributed by atoms with Crippen LogP contribution in [-0.4, -0.2) is 45.4 Å². The number of anilines is 2. The minimum atomic E-state index is -0.372.